The molecule has 2 rings (SSSR count). The third-order valence-electron chi connectivity index (χ3n) is 2.58. The van der Waals surface area contributed by atoms with Gasteiger partial charge in [-0.2, -0.15) is 0 Å². The lowest BCUT2D eigenvalue weighted by Gasteiger charge is -2.10. The number of anilines is 2. The molecule has 0 saturated heterocycles. The van der Waals surface area contributed by atoms with Crippen molar-refractivity contribution in [3.8, 4) is 0 Å². The van der Waals surface area contributed by atoms with E-state index in [1.54, 1.807) is 12.1 Å². The molecule has 0 saturated carbocycles. The van der Waals surface area contributed by atoms with Crippen LogP contribution in [-0.2, 0) is 10.0 Å². The zero-order valence-corrected chi connectivity index (χ0v) is 13.7. The van der Waals surface area contributed by atoms with E-state index in [0.29, 0.717) is 11.4 Å². The summed E-state index contributed by atoms with van der Waals surface area (Å²) in [6.07, 6.45) is 0. The average molecular weight is 376 g/mol. The van der Waals surface area contributed by atoms with Gasteiger partial charge in [-0.3, -0.25) is 4.72 Å². The Morgan fingerprint density at radius 3 is 2.50 bits per heavy atom. The predicted octanol–water partition coefficient (Wildman–Crippen LogP) is 3.79. The number of benzene rings is 2. The van der Waals surface area contributed by atoms with Gasteiger partial charge in [-0.1, -0.05) is 27.5 Å². The molecule has 0 aliphatic heterocycles. The van der Waals surface area contributed by atoms with Crippen LogP contribution < -0.4 is 10.5 Å². The van der Waals surface area contributed by atoms with Crippen LogP contribution in [0.1, 0.15) is 5.56 Å². The highest BCUT2D eigenvalue weighted by molar-refractivity contribution is 9.10. The highest BCUT2D eigenvalue weighted by atomic mass is 79.9. The van der Waals surface area contributed by atoms with Crippen LogP contribution >= 0.6 is 27.5 Å². The van der Waals surface area contributed by atoms with E-state index < -0.39 is 10.0 Å². The zero-order chi connectivity index (χ0) is 14.9. The Balaban J connectivity index is 2.37. The highest BCUT2D eigenvalue weighted by Crippen LogP contribution is 2.25. The number of rotatable bonds is 3. The molecule has 0 radical (unpaired) electrons. The first-order valence-corrected chi connectivity index (χ1v) is 8.28. The summed E-state index contributed by atoms with van der Waals surface area (Å²) in [7, 11) is -3.70. The Bertz CT molecular complexity index is 743. The molecule has 4 nitrogen and oxygen atoms in total. The van der Waals surface area contributed by atoms with Gasteiger partial charge in [0, 0.05) is 4.47 Å². The van der Waals surface area contributed by atoms with Gasteiger partial charge in [-0.05, 0) is 48.9 Å². The molecule has 2 aromatic rings. The maximum Gasteiger partial charge on any atom is 0.261 e. The lowest BCUT2D eigenvalue weighted by molar-refractivity contribution is 0.601. The van der Waals surface area contributed by atoms with E-state index in [9.17, 15) is 8.42 Å². The van der Waals surface area contributed by atoms with Crippen molar-refractivity contribution in [2.24, 2.45) is 0 Å². The maximum atomic E-state index is 12.3. The Morgan fingerprint density at radius 2 is 1.90 bits per heavy atom. The Kier molecular flexibility index (Phi) is 4.27. The van der Waals surface area contributed by atoms with Crippen molar-refractivity contribution in [1.29, 1.82) is 0 Å². The minimum absolute atomic E-state index is 0.0642. The summed E-state index contributed by atoms with van der Waals surface area (Å²) in [6, 6.07) is 9.50. The van der Waals surface area contributed by atoms with E-state index >= 15 is 0 Å². The van der Waals surface area contributed by atoms with Gasteiger partial charge in [-0.15, -0.1) is 0 Å². The summed E-state index contributed by atoms with van der Waals surface area (Å²) in [6.45, 7) is 1.88. The number of nitrogens with one attached hydrogen (secondary N) is 1. The van der Waals surface area contributed by atoms with E-state index in [1.807, 2.05) is 13.0 Å². The molecule has 0 aliphatic carbocycles. The van der Waals surface area contributed by atoms with Gasteiger partial charge in [0.25, 0.3) is 10.0 Å². The topological polar surface area (TPSA) is 72.2 Å². The predicted molar refractivity (Wildman–Crippen MR) is 85.6 cm³/mol. The monoisotopic (exact) mass is 374 g/mol. The number of halogens is 2. The molecular weight excluding hydrogens is 364 g/mol. The number of aryl methyl sites for hydroxylation is 1. The van der Waals surface area contributed by atoms with Crippen LogP contribution in [0.5, 0.6) is 0 Å². The molecule has 0 amide bonds. The average Bonchev–Trinajstić information content (AvgIpc) is 2.30. The van der Waals surface area contributed by atoms with Gasteiger partial charge >= 0.3 is 0 Å². The van der Waals surface area contributed by atoms with Crippen molar-refractivity contribution in [2.45, 2.75) is 11.8 Å². The summed E-state index contributed by atoms with van der Waals surface area (Å²) >= 11 is 9.17. The van der Waals surface area contributed by atoms with Crippen LogP contribution in [0.15, 0.2) is 45.8 Å². The van der Waals surface area contributed by atoms with Crippen LogP contribution in [0.2, 0.25) is 5.02 Å². The molecule has 0 aromatic heterocycles. The van der Waals surface area contributed by atoms with Crippen LogP contribution in [-0.4, -0.2) is 8.42 Å². The number of hydrogen-bond donors (Lipinski definition) is 2. The third kappa shape index (κ3) is 3.45. The van der Waals surface area contributed by atoms with Crippen LogP contribution in [0.25, 0.3) is 0 Å². The van der Waals surface area contributed by atoms with E-state index in [2.05, 4.69) is 20.7 Å². The molecule has 0 bridgehead atoms. The second-order valence-corrected chi connectivity index (χ2v) is 7.31. The lowest BCUT2D eigenvalue weighted by Crippen LogP contribution is -2.13. The quantitative estimate of drug-likeness (QED) is 0.802. The molecule has 106 valence electrons. The van der Waals surface area contributed by atoms with Gasteiger partial charge in [0.15, 0.2) is 0 Å². The Morgan fingerprint density at radius 1 is 1.20 bits per heavy atom. The number of nitrogens with two attached hydrogens (primary N) is 1. The molecule has 0 aliphatic rings. The fourth-order valence-corrected chi connectivity index (χ4v) is 3.60. The number of nitrogen functional groups attached to an aromatic ring is 1. The highest BCUT2D eigenvalue weighted by Gasteiger charge is 2.15. The summed E-state index contributed by atoms with van der Waals surface area (Å²) in [5.74, 6) is 0. The molecule has 7 heteroatoms. The zero-order valence-electron chi connectivity index (χ0n) is 10.5. The van der Waals surface area contributed by atoms with E-state index in [4.69, 9.17) is 17.3 Å². The summed E-state index contributed by atoms with van der Waals surface area (Å²) in [5.41, 5.74) is 7.32. The van der Waals surface area contributed by atoms with Crippen LogP contribution in [0, 0.1) is 6.92 Å². The van der Waals surface area contributed by atoms with Crippen molar-refractivity contribution in [1.82, 2.24) is 0 Å². The molecule has 0 heterocycles. The minimum Gasteiger partial charge on any atom is -0.398 e. The second kappa shape index (κ2) is 5.63. The van der Waals surface area contributed by atoms with Gasteiger partial charge in [0.2, 0.25) is 0 Å². The van der Waals surface area contributed by atoms with Crippen molar-refractivity contribution in [3.63, 3.8) is 0 Å². The Labute approximate surface area is 131 Å². The van der Waals surface area contributed by atoms with Gasteiger partial charge in [-0.25, -0.2) is 8.42 Å². The van der Waals surface area contributed by atoms with Gasteiger partial charge < -0.3 is 5.73 Å². The van der Waals surface area contributed by atoms with Crippen molar-refractivity contribution < 1.29 is 8.42 Å². The SMILES string of the molecule is Cc1cc(Br)cc(NS(=O)(=O)c2ccc(N)c(Cl)c2)c1. The van der Waals surface area contributed by atoms with Crippen LogP contribution in [0.3, 0.4) is 0 Å². The molecular formula is C13H12BrClN2O2S. The largest absolute Gasteiger partial charge is 0.398 e. The second-order valence-electron chi connectivity index (χ2n) is 4.31. The molecule has 0 unspecified atom stereocenters. The first-order chi connectivity index (χ1) is 9.28. The molecule has 0 fully saturated rings. The fraction of sp³-hybridized carbons (Fsp3) is 0.0769. The van der Waals surface area contributed by atoms with Crippen molar-refractivity contribution in [2.75, 3.05) is 10.5 Å². The third-order valence-corrected chi connectivity index (χ3v) is 4.74. The molecule has 0 spiro atoms. The van der Waals surface area contributed by atoms with Crippen molar-refractivity contribution in [3.05, 3.63) is 51.5 Å². The van der Waals surface area contributed by atoms with E-state index in [0.717, 1.165) is 10.0 Å². The lowest BCUT2D eigenvalue weighted by atomic mass is 10.2. The molecule has 0 atom stereocenters. The minimum atomic E-state index is -3.70. The molecule has 20 heavy (non-hydrogen) atoms. The molecule has 2 aromatic carbocycles. The smallest absolute Gasteiger partial charge is 0.261 e. The van der Waals surface area contributed by atoms with Gasteiger partial charge in [0.1, 0.15) is 0 Å². The maximum absolute atomic E-state index is 12.3. The Hall–Kier alpha value is -1.24. The number of sulfonamides is 1. The standard InChI is InChI=1S/C13H12BrClN2O2S/c1-8-4-9(14)6-10(5-8)17-20(18,19)11-2-3-13(16)12(15)7-11/h2-7,17H,16H2,1H3. The van der Waals surface area contributed by atoms with E-state index in [-0.39, 0.29) is 9.92 Å². The van der Waals surface area contributed by atoms with Gasteiger partial charge in [0.05, 0.1) is 21.3 Å². The number of hydrogen-bond acceptors (Lipinski definition) is 3. The first-order valence-electron chi connectivity index (χ1n) is 5.63. The van der Waals surface area contributed by atoms with Crippen molar-refractivity contribution >= 4 is 48.9 Å². The summed E-state index contributed by atoms with van der Waals surface area (Å²) in [4.78, 5) is 0.0642. The van der Waals surface area contributed by atoms with Crippen LogP contribution in [0.4, 0.5) is 11.4 Å². The fourth-order valence-electron chi connectivity index (χ4n) is 1.68. The first kappa shape index (κ1) is 15.2. The summed E-state index contributed by atoms with van der Waals surface area (Å²) in [5, 5.41) is 0.207. The normalized spacial score (nSPS) is 11.3. The molecule has 3 N–H and O–H groups in total. The van der Waals surface area contributed by atoms with E-state index in [1.165, 1.54) is 18.2 Å². The summed E-state index contributed by atoms with van der Waals surface area (Å²) < 4.78 is 27.8.